The van der Waals surface area contributed by atoms with Crippen molar-refractivity contribution in [2.24, 2.45) is 11.8 Å². The van der Waals surface area contributed by atoms with Gasteiger partial charge in [0.25, 0.3) is 5.91 Å². The molecule has 0 unspecified atom stereocenters. The van der Waals surface area contributed by atoms with Crippen molar-refractivity contribution in [3.63, 3.8) is 0 Å². The predicted molar refractivity (Wildman–Crippen MR) is 74.9 cm³/mol. The van der Waals surface area contributed by atoms with Crippen LogP contribution >= 0.6 is 11.6 Å². The second-order valence-electron chi connectivity index (χ2n) is 5.35. The van der Waals surface area contributed by atoms with Crippen LogP contribution in [-0.2, 0) is 0 Å². The van der Waals surface area contributed by atoms with Gasteiger partial charge in [-0.3, -0.25) is 4.79 Å². The summed E-state index contributed by atoms with van der Waals surface area (Å²) >= 11 is 5.82. The topological polar surface area (TPSA) is 29.1 Å². The third kappa shape index (κ3) is 3.05. The van der Waals surface area contributed by atoms with Crippen molar-refractivity contribution < 1.29 is 4.79 Å². The molecule has 98 valence electrons. The van der Waals surface area contributed by atoms with Crippen LogP contribution in [0.2, 0.25) is 5.02 Å². The molecule has 0 bridgehead atoms. The van der Waals surface area contributed by atoms with Crippen LogP contribution in [-0.4, -0.2) is 11.9 Å². The zero-order valence-electron chi connectivity index (χ0n) is 10.9. The number of carbonyl (C=O) groups excluding carboxylic acids is 1. The van der Waals surface area contributed by atoms with Gasteiger partial charge in [-0.1, -0.05) is 38.3 Å². The Morgan fingerprint density at radius 1 is 1.22 bits per heavy atom. The molecule has 0 spiro atoms. The second kappa shape index (κ2) is 5.75. The molecule has 3 heteroatoms. The lowest BCUT2D eigenvalue weighted by Gasteiger charge is -2.34. The van der Waals surface area contributed by atoms with E-state index < -0.39 is 0 Å². The zero-order valence-corrected chi connectivity index (χ0v) is 11.7. The second-order valence-corrected chi connectivity index (χ2v) is 5.79. The summed E-state index contributed by atoms with van der Waals surface area (Å²) in [6, 6.07) is 7.35. The van der Waals surface area contributed by atoms with Gasteiger partial charge in [-0.25, -0.2) is 0 Å². The highest BCUT2D eigenvalue weighted by molar-refractivity contribution is 6.30. The van der Waals surface area contributed by atoms with Gasteiger partial charge in [0.2, 0.25) is 0 Å². The Kier molecular flexibility index (Phi) is 4.28. The molecular weight excluding hydrogens is 246 g/mol. The molecule has 1 fully saturated rings. The number of nitrogens with one attached hydrogen (secondary N) is 1. The molecule has 1 amide bonds. The van der Waals surface area contributed by atoms with E-state index in [1.807, 2.05) is 0 Å². The maximum absolute atomic E-state index is 12.1. The lowest BCUT2D eigenvalue weighted by atomic mass is 9.78. The van der Waals surface area contributed by atoms with Crippen molar-refractivity contribution in [2.45, 2.75) is 39.2 Å². The fourth-order valence-corrected chi connectivity index (χ4v) is 2.76. The summed E-state index contributed by atoms with van der Waals surface area (Å²) in [6.07, 6.45) is 3.57. The summed E-state index contributed by atoms with van der Waals surface area (Å²) in [5, 5.41) is 3.81. The Bertz CT molecular complexity index is 415. The Labute approximate surface area is 114 Å². The molecule has 1 saturated carbocycles. The summed E-state index contributed by atoms with van der Waals surface area (Å²) in [6.45, 7) is 4.50. The number of amides is 1. The van der Waals surface area contributed by atoms with Crippen LogP contribution in [0.5, 0.6) is 0 Å². The number of halogens is 1. The smallest absolute Gasteiger partial charge is 0.251 e. The SMILES string of the molecule is C[C@H]1[C@H](C)CCC[C@@H]1NC(=O)c1ccc(Cl)cc1. The molecule has 0 aromatic heterocycles. The van der Waals surface area contributed by atoms with E-state index >= 15 is 0 Å². The van der Waals surface area contributed by atoms with E-state index in [0.29, 0.717) is 28.5 Å². The van der Waals surface area contributed by atoms with Gasteiger partial charge in [-0.05, 0) is 42.5 Å². The molecule has 1 N–H and O–H groups in total. The van der Waals surface area contributed by atoms with E-state index in [9.17, 15) is 4.79 Å². The summed E-state index contributed by atoms with van der Waals surface area (Å²) in [4.78, 5) is 12.1. The standard InChI is InChI=1S/C15H20ClNO/c1-10-4-3-5-14(11(10)2)17-15(18)12-6-8-13(16)9-7-12/h6-11,14H,3-5H2,1-2H3,(H,17,18)/t10-,11+,14+/m1/s1. The Hall–Kier alpha value is -1.02. The molecule has 0 aliphatic heterocycles. The summed E-state index contributed by atoms with van der Waals surface area (Å²) in [5.41, 5.74) is 0.685. The van der Waals surface area contributed by atoms with Crippen LogP contribution in [0.1, 0.15) is 43.5 Å². The molecular formula is C15H20ClNO. The third-order valence-corrected chi connectivity index (χ3v) is 4.38. The molecule has 1 aliphatic carbocycles. The average Bonchev–Trinajstić information content (AvgIpc) is 2.36. The van der Waals surface area contributed by atoms with Gasteiger partial charge in [0.15, 0.2) is 0 Å². The minimum atomic E-state index is 0.0117. The van der Waals surface area contributed by atoms with Crippen LogP contribution in [0.25, 0.3) is 0 Å². The highest BCUT2D eigenvalue weighted by Gasteiger charge is 2.28. The Morgan fingerprint density at radius 2 is 1.89 bits per heavy atom. The van der Waals surface area contributed by atoms with Gasteiger partial charge in [0, 0.05) is 16.6 Å². The largest absolute Gasteiger partial charge is 0.349 e. The first-order valence-corrected chi connectivity index (χ1v) is 7.02. The first kappa shape index (κ1) is 13.4. The molecule has 1 aromatic rings. The van der Waals surface area contributed by atoms with E-state index in [1.54, 1.807) is 24.3 Å². The molecule has 0 saturated heterocycles. The Morgan fingerprint density at radius 3 is 2.56 bits per heavy atom. The number of rotatable bonds is 2. The molecule has 1 aromatic carbocycles. The minimum Gasteiger partial charge on any atom is -0.349 e. The molecule has 0 heterocycles. The molecule has 2 nitrogen and oxygen atoms in total. The first-order chi connectivity index (χ1) is 8.58. The minimum absolute atomic E-state index is 0.0117. The molecule has 0 radical (unpaired) electrons. The highest BCUT2D eigenvalue weighted by atomic mass is 35.5. The molecule has 2 rings (SSSR count). The number of benzene rings is 1. The van der Waals surface area contributed by atoms with Crippen molar-refractivity contribution >= 4 is 17.5 Å². The van der Waals surface area contributed by atoms with E-state index in [2.05, 4.69) is 19.2 Å². The van der Waals surface area contributed by atoms with E-state index in [4.69, 9.17) is 11.6 Å². The molecule has 3 atom stereocenters. The van der Waals surface area contributed by atoms with Gasteiger partial charge in [-0.2, -0.15) is 0 Å². The van der Waals surface area contributed by atoms with Crippen molar-refractivity contribution in [2.75, 3.05) is 0 Å². The first-order valence-electron chi connectivity index (χ1n) is 6.64. The van der Waals surface area contributed by atoms with Gasteiger partial charge < -0.3 is 5.32 Å². The molecule has 1 aliphatic rings. The summed E-state index contributed by atoms with van der Waals surface area (Å²) in [7, 11) is 0. The summed E-state index contributed by atoms with van der Waals surface area (Å²) in [5.74, 6) is 1.25. The highest BCUT2D eigenvalue weighted by Crippen LogP contribution is 2.29. The zero-order chi connectivity index (χ0) is 13.1. The number of carbonyl (C=O) groups is 1. The van der Waals surface area contributed by atoms with Crippen LogP contribution in [0.4, 0.5) is 0 Å². The van der Waals surface area contributed by atoms with Gasteiger partial charge in [-0.15, -0.1) is 0 Å². The summed E-state index contributed by atoms with van der Waals surface area (Å²) < 4.78 is 0. The van der Waals surface area contributed by atoms with Gasteiger partial charge in [0.05, 0.1) is 0 Å². The predicted octanol–water partition coefficient (Wildman–Crippen LogP) is 3.89. The van der Waals surface area contributed by atoms with Crippen LogP contribution in [0.15, 0.2) is 24.3 Å². The van der Waals surface area contributed by atoms with Crippen molar-refractivity contribution in [1.82, 2.24) is 5.32 Å². The van der Waals surface area contributed by atoms with Crippen molar-refractivity contribution in [3.05, 3.63) is 34.9 Å². The fraction of sp³-hybridized carbons (Fsp3) is 0.533. The average molecular weight is 266 g/mol. The fourth-order valence-electron chi connectivity index (χ4n) is 2.64. The lowest BCUT2D eigenvalue weighted by Crippen LogP contribution is -2.43. The van der Waals surface area contributed by atoms with Crippen molar-refractivity contribution in [3.8, 4) is 0 Å². The van der Waals surface area contributed by atoms with E-state index in [0.717, 1.165) is 6.42 Å². The third-order valence-electron chi connectivity index (χ3n) is 4.13. The van der Waals surface area contributed by atoms with Crippen LogP contribution < -0.4 is 5.32 Å². The van der Waals surface area contributed by atoms with E-state index in [1.165, 1.54) is 12.8 Å². The quantitative estimate of drug-likeness (QED) is 0.863. The monoisotopic (exact) mass is 265 g/mol. The Balaban J connectivity index is 2.00. The normalized spacial score (nSPS) is 27.8. The van der Waals surface area contributed by atoms with Gasteiger partial charge in [0.1, 0.15) is 0 Å². The van der Waals surface area contributed by atoms with Crippen LogP contribution in [0.3, 0.4) is 0 Å². The lowest BCUT2D eigenvalue weighted by molar-refractivity contribution is 0.0891. The van der Waals surface area contributed by atoms with Crippen molar-refractivity contribution in [1.29, 1.82) is 0 Å². The maximum Gasteiger partial charge on any atom is 0.251 e. The number of hydrogen-bond donors (Lipinski definition) is 1. The number of hydrogen-bond acceptors (Lipinski definition) is 1. The van der Waals surface area contributed by atoms with Crippen LogP contribution in [0, 0.1) is 11.8 Å². The van der Waals surface area contributed by atoms with E-state index in [-0.39, 0.29) is 5.91 Å². The van der Waals surface area contributed by atoms with Gasteiger partial charge >= 0.3 is 0 Å². The maximum atomic E-state index is 12.1. The molecule has 18 heavy (non-hydrogen) atoms.